The molecule has 0 radical (unpaired) electrons. The lowest BCUT2D eigenvalue weighted by atomic mass is 9.94. The van der Waals surface area contributed by atoms with E-state index >= 15 is 0 Å². The molecule has 2 N–H and O–H groups in total. The van der Waals surface area contributed by atoms with Gasteiger partial charge in [-0.15, -0.1) is 11.3 Å². The summed E-state index contributed by atoms with van der Waals surface area (Å²) in [5, 5.41) is 4.71. The fraction of sp³-hybridized carbons (Fsp3) is 0.600. The van der Waals surface area contributed by atoms with E-state index in [0.29, 0.717) is 11.4 Å². The Hall–Kier alpha value is -0.430. The average Bonchev–Trinajstić information content (AvgIpc) is 2.62. The molecule has 1 aliphatic carbocycles. The van der Waals surface area contributed by atoms with E-state index in [1.165, 1.54) is 11.3 Å². The third kappa shape index (κ3) is 2.63. The summed E-state index contributed by atoms with van der Waals surface area (Å²) in [5.41, 5.74) is 0. The zero-order valence-corrected chi connectivity index (χ0v) is 10.8. The molecule has 16 heavy (non-hydrogen) atoms. The van der Waals surface area contributed by atoms with Gasteiger partial charge < -0.3 is 5.32 Å². The molecule has 0 unspecified atom stereocenters. The van der Waals surface area contributed by atoms with E-state index in [1.54, 1.807) is 11.4 Å². The number of nitrogens with one attached hydrogen (secondary N) is 2. The highest BCUT2D eigenvalue weighted by atomic mass is 32.2. The Kier molecular flexibility index (Phi) is 3.63. The standard InChI is InChI=1S/C10H16N2O2S2/c1-11-6-9-5-10(7-15-9)16(13,14)12-8-3-2-4-8/h5,7-8,11-12H,2-4,6H2,1H3. The molecular weight excluding hydrogens is 244 g/mol. The maximum absolute atomic E-state index is 11.9. The third-order valence-electron chi connectivity index (χ3n) is 2.72. The Morgan fingerprint density at radius 1 is 1.50 bits per heavy atom. The van der Waals surface area contributed by atoms with Crippen LogP contribution in [0, 0.1) is 0 Å². The number of sulfonamides is 1. The molecule has 0 saturated heterocycles. The summed E-state index contributed by atoms with van der Waals surface area (Å²) < 4.78 is 26.6. The highest BCUT2D eigenvalue weighted by Gasteiger charge is 2.25. The molecule has 2 rings (SSSR count). The van der Waals surface area contributed by atoms with Crippen LogP contribution in [0.15, 0.2) is 16.3 Å². The molecule has 0 aliphatic heterocycles. The van der Waals surface area contributed by atoms with Crippen LogP contribution in [0.1, 0.15) is 24.1 Å². The van der Waals surface area contributed by atoms with Crippen LogP contribution in [0.3, 0.4) is 0 Å². The SMILES string of the molecule is CNCc1cc(S(=O)(=O)NC2CCC2)cs1. The Morgan fingerprint density at radius 3 is 2.81 bits per heavy atom. The first-order chi connectivity index (χ1) is 7.62. The molecule has 0 aromatic carbocycles. The van der Waals surface area contributed by atoms with Crippen molar-refractivity contribution in [1.82, 2.24) is 10.0 Å². The van der Waals surface area contributed by atoms with Gasteiger partial charge in [-0.05, 0) is 26.0 Å². The van der Waals surface area contributed by atoms with Crippen molar-refractivity contribution in [1.29, 1.82) is 0 Å². The third-order valence-corrected chi connectivity index (χ3v) is 5.30. The Labute approximate surface area is 100 Å². The van der Waals surface area contributed by atoms with Crippen molar-refractivity contribution in [3.05, 3.63) is 16.3 Å². The number of thiophene rings is 1. The van der Waals surface area contributed by atoms with Crippen LogP contribution in [0.4, 0.5) is 0 Å². The van der Waals surface area contributed by atoms with Gasteiger partial charge in [0.15, 0.2) is 0 Å². The van der Waals surface area contributed by atoms with Crippen molar-refractivity contribution >= 4 is 21.4 Å². The molecule has 90 valence electrons. The van der Waals surface area contributed by atoms with Crippen LogP contribution in [0.5, 0.6) is 0 Å². The van der Waals surface area contributed by atoms with Gasteiger partial charge in [-0.3, -0.25) is 0 Å². The van der Waals surface area contributed by atoms with Crippen LogP contribution in [0.25, 0.3) is 0 Å². The molecular formula is C10H16N2O2S2. The van der Waals surface area contributed by atoms with Gasteiger partial charge >= 0.3 is 0 Å². The van der Waals surface area contributed by atoms with Gasteiger partial charge in [-0.25, -0.2) is 13.1 Å². The average molecular weight is 260 g/mol. The summed E-state index contributed by atoms with van der Waals surface area (Å²) in [6.07, 6.45) is 3.06. The van der Waals surface area contributed by atoms with Crippen LogP contribution >= 0.6 is 11.3 Å². The van der Waals surface area contributed by atoms with Gasteiger partial charge in [0.2, 0.25) is 10.0 Å². The van der Waals surface area contributed by atoms with Gasteiger partial charge in [-0.1, -0.05) is 6.42 Å². The second-order valence-electron chi connectivity index (χ2n) is 4.03. The Balaban J connectivity index is 2.08. The maximum atomic E-state index is 11.9. The van der Waals surface area contributed by atoms with Crippen LogP contribution < -0.4 is 10.0 Å². The van der Waals surface area contributed by atoms with Crippen molar-refractivity contribution in [3.63, 3.8) is 0 Å². The zero-order valence-electron chi connectivity index (χ0n) is 9.19. The molecule has 1 aromatic heterocycles. The summed E-state index contributed by atoms with van der Waals surface area (Å²) >= 11 is 1.47. The fourth-order valence-electron chi connectivity index (χ4n) is 1.58. The summed E-state index contributed by atoms with van der Waals surface area (Å²) in [4.78, 5) is 1.44. The van der Waals surface area contributed by atoms with Crippen molar-refractivity contribution in [3.8, 4) is 0 Å². The topological polar surface area (TPSA) is 58.2 Å². The van der Waals surface area contributed by atoms with Crippen LogP contribution in [-0.2, 0) is 16.6 Å². The number of hydrogen-bond acceptors (Lipinski definition) is 4. The lowest BCUT2D eigenvalue weighted by Gasteiger charge is -2.25. The second kappa shape index (κ2) is 4.83. The lowest BCUT2D eigenvalue weighted by molar-refractivity contribution is 0.383. The molecule has 1 heterocycles. The Bertz CT molecular complexity index is 449. The molecule has 0 amide bonds. The predicted molar refractivity (Wildman–Crippen MR) is 65.0 cm³/mol. The molecule has 1 saturated carbocycles. The summed E-state index contributed by atoms with van der Waals surface area (Å²) in [6.45, 7) is 0.712. The van der Waals surface area contributed by atoms with E-state index in [0.717, 1.165) is 24.1 Å². The first-order valence-corrected chi connectivity index (χ1v) is 7.72. The first-order valence-electron chi connectivity index (χ1n) is 5.36. The van der Waals surface area contributed by atoms with Crippen molar-refractivity contribution in [2.45, 2.75) is 36.7 Å². The highest BCUT2D eigenvalue weighted by Crippen LogP contribution is 2.23. The van der Waals surface area contributed by atoms with Crippen LogP contribution in [-0.4, -0.2) is 21.5 Å². The fourth-order valence-corrected chi connectivity index (χ4v) is 4.17. The van der Waals surface area contributed by atoms with E-state index in [4.69, 9.17) is 0 Å². The van der Waals surface area contributed by atoms with Crippen LogP contribution in [0.2, 0.25) is 0 Å². The molecule has 1 fully saturated rings. The predicted octanol–water partition coefficient (Wildman–Crippen LogP) is 1.30. The molecule has 0 spiro atoms. The molecule has 6 heteroatoms. The Morgan fingerprint density at radius 2 is 2.25 bits per heavy atom. The quantitative estimate of drug-likeness (QED) is 0.839. The number of rotatable bonds is 5. The van der Waals surface area contributed by atoms with Crippen molar-refractivity contribution < 1.29 is 8.42 Å². The van der Waals surface area contributed by atoms with E-state index in [2.05, 4.69) is 10.0 Å². The summed E-state index contributed by atoms with van der Waals surface area (Å²) in [5.74, 6) is 0. The lowest BCUT2D eigenvalue weighted by Crippen LogP contribution is -2.39. The van der Waals surface area contributed by atoms with E-state index in [-0.39, 0.29) is 6.04 Å². The van der Waals surface area contributed by atoms with Gasteiger partial charge in [0.05, 0.1) is 4.90 Å². The monoisotopic (exact) mass is 260 g/mol. The van der Waals surface area contributed by atoms with Crippen molar-refractivity contribution in [2.75, 3.05) is 7.05 Å². The minimum atomic E-state index is -3.29. The molecule has 4 nitrogen and oxygen atoms in total. The zero-order chi connectivity index (χ0) is 11.6. The largest absolute Gasteiger partial charge is 0.315 e. The van der Waals surface area contributed by atoms with Gasteiger partial charge in [-0.2, -0.15) is 0 Å². The smallest absolute Gasteiger partial charge is 0.241 e. The molecule has 0 bridgehead atoms. The van der Waals surface area contributed by atoms with E-state index in [1.807, 2.05) is 7.05 Å². The first kappa shape index (κ1) is 12.0. The minimum absolute atomic E-state index is 0.151. The van der Waals surface area contributed by atoms with Crippen molar-refractivity contribution in [2.24, 2.45) is 0 Å². The second-order valence-corrected chi connectivity index (χ2v) is 6.74. The molecule has 1 aromatic rings. The van der Waals surface area contributed by atoms with Gasteiger partial charge in [0.25, 0.3) is 0 Å². The minimum Gasteiger partial charge on any atom is -0.315 e. The number of hydrogen-bond donors (Lipinski definition) is 2. The highest BCUT2D eigenvalue weighted by molar-refractivity contribution is 7.89. The summed E-state index contributed by atoms with van der Waals surface area (Å²) in [7, 11) is -1.44. The normalized spacial score (nSPS) is 17.3. The summed E-state index contributed by atoms with van der Waals surface area (Å²) in [6, 6.07) is 1.89. The maximum Gasteiger partial charge on any atom is 0.241 e. The molecule has 1 aliphatic rings. The van der Waals surface area contributed by atoms with E-state index < -0.39 is 10.0 Å². The van der Waals surface area contributed by atoms with E-state index in [9.17, 15) is 8.42 Å². The van der Waals surface area contributed by atoms with Gasteiger partial charge in [0, 0.05) is 22.8 Å². The molecule has 0 atom stereocenters. The van der Waals surface area contributed by atoms with Gasteiger partial charge in [0.1, 0.15) is 0 Å².